The molecule has 0 bridgehead atoms. The highest BCUT2D eigenvalue weighted by molar-refractivity contribution is 6.00. The Labute approximate surface area is 147 Å². The number of methoxy groups -OCH3 is 1. The fourth-order valence-electron chi connectivity index (χ4n) is 2.71. The molecule has 5 heteroatoms. The predicted octanol–water partition coefficient (Wildman–Crippen LogP) is 3.99. The first-order valence-electron chi connectivity index (χ1n) is 8.15. The zero-order valence-corrected chi connectivity index (χ0v) is 14.5. The van der Waals surface area contributed by atoms with Gasteiger partial charge in [0.05, 0.1) is 7.11 Å². The Kier molecular flexibility index (Phi) is 4.84. The number of fused-ring (bicyclic) bond motifs is 1. The molecule has 2 aromatic carbocycles. The summed E-state index contributed by atoms with van der Waals surface area (Å²) in [5.74, 6) is 0.613. The summed E-state index contributed by atoms with van der Waals surface area (Å²) in [6, 6.07) is 16.7. The maximum Gasteiger partial charge on any atom is 0.246 e. The fraction of sp³-hybridized carbons (Fsp3) is 0.200. The zero-order valence-electron chi connectivity index (χ0n) is 14.5. The van der Waals surface area contributed by atoms with Crippen LogP contribution in [0.5, 0.6) is 5.75 Å². The van der Waals surface area contributed by atoms with Gasteiger partial charge in [-0.3, -0.25) is 4.79 Å². The van der Waals surface area contributed by atoms with E-state index in [9.17, 15) is 4.79 Å². The first-order valence-corrected chi connectivity index (χ1v) is 8.15. The Morgan fingerprint density at radius 2 is 1.88 bits per heavy atom. The molecule has 0 fully saturated rings. The third-order valence-electron chi connectivity index (χ3n) is 3.96. The Balaban J connectivity index is 1.86. The van der Waals surface area contributed by atoms with Crippen molar-refractivity contribution < 1.29 is 9.53 Å². The highest BCUT2D eigenvalue weighted by Crippen LogP contribution is 2.30. The molecule has 1 amide bonds. The van der Waals surface area contributed by atoms with Gasteiger partial charge >= 0.3 is 0 Å². The molecule has 1 heterocycles. The van der Waals surface area contributed by atoms with Crippen molar-refractivity contribution in [3.8, 4) is 5.75 Å². The van der Waals surface area contributed by atoms with Crippen LogP contribution in [0.15, 0.2) is 54.6 Å². The van der Waals surface area contributed by atoms with Gasteiger partial charge in [0, 0.05) is 22.5 Å². The van der Waals surface area contributed by atoms with E-state index in [0.717, 1.165) is 28.0 Å². The van der Waals surface area contributed by atoms with Crippen LogP contribution < -0.4 is 15.4 Å². The normalized spacial score (nSPS) is 11.8. The predicted molar refractivity (Wildman–Crippen MR) is 101 cm³/mol. The van der Waals surface area contributed by atoms with Crippen LogP contribution in [-0.4, -0.2) is 24.0 Å². The molecule has 3 aromatic rings. The summed E-state index contributed by atoms with van der Waals surface area (Å²) < 4.78 is 5.40. The van der Waals surface area contributed by atoms with E-state index in [1.54, 1.807) is 7.11 Å². The van der Waals surface area contributed by atoms with E-state index in [1.165, 1.54) is 0 Å². The SMILES string of the molecule is COc1cccc2c(NC(C)C(=O)Nc3ccccc3)cc(C)nc12. The van der Waals surface area contributed by atoms with Gasteiger partial charge in [-0.2, -0.15) is 0 Å². The van der Waals surface area contributed by atoms with Crippen LogP contribution in [-0.2, 0) is 4.79 Å². The van der Waals surface area contributed by atoms with Crippen LogP contribution in [0.3, 0.4) is 0 Å². The number of nitrogens with one attached hydrogen (secondary N) is 2. The Bertz CT molecular complexity index is 894. The van der Waals surface area contributed by atoms with Crippen molar-refractivity contribution in [2.45, 2.75) is 19.9 Å². The van der Waals surface area contributed by atoms with Crippen LogP contribution in [0.25, 0.3) is 10.9 Å². The van der Waals surface area contributed by atoms with Gasteiger partial charge in [-0.25, -0.2) is 4.98 Å². The van der Waals surface area contributed by atoms with Gasteiger partial charge in [0.25, 0.3) is 0 Å². The minimum absolute atomic E-state index is 0.100. The Morgan fingerprint density at radius 1 is 1.12 bits per heavy atom. The van der Waals surface area contributed by atoms with Gasteiger partial charge in [0.2, 0.25) is 5.91 Å². The number of pyridine rings is 1. The number of anilines is 2. The van der Waals surface area contributed by atoms with Crippen LogP contribution >= 0.6 is 0 Å². The minimum Gasteiger partial charge on any atom is -0.494 e. The minimum atomic E-state index is -0.406. The second kappa shape index (κ2) is 7.21. The largest absolute Gasteiger partial charge is 0.494 e. The lowest BCUT2D eigenvalue weighted by molar-refractivity contribution is -0.116. The van der Waals surface area contributed by atoms with Crippen LogP contribution in [0.4, 0.5) is 11.4 Å². The van der Waals surface area contributed by atoms with E-state index in [4.69, 9.17) is 4.74 Å². The molecule has 0 saturated heterocycles. The standard InChI is InChI=1S/C20H21N3O2/c1-13-12-17(16-10-7-11-18(25-3)19(16)21-13)22-14(2)20(24)23-15-8-5-4-6-9-15/h4-12,14H,1-3H3,(H,21,22)(H,23,24). The second-order valence-corrected chi connectivity index (χ2v) is 5.89. The van der Waals surface area contributed by atoms with E-state index in [1.807, 2.05) is 68.4 Å². The van der Waals surface area contributed by atoms with Crippen molar-refractivity contribution in [1.82, 2.24) is 4.98 Å². The third kappa shape index (κ3) is 3.71. The van der Waals surface area contributed by atoms with E-state index < -0.39 is 6.04 Å². The van der Waals surface area contributed by atoms with Crippen LogP contribution in [0, 0.1) is 6.92 Å². The lowest BCUT2D eigenvalue weighted by Crippen LogP contribution is -2.32. The second-order valence-electron chi connectivity index (χ2n) is 5.89. The average Bonchev–Trinajstić information content (AvgIpc) is 2.62. The van der Waals surface area contributed by atoms with E-state index in [-0.39, 0.29) is 5.91 Å². The molecular formula is C20H21N3O2. The summed E-state index contributed by atoms with van der Waals surface area (Å²) in [5, 5.41) is 7.12. The van der Waals surface area contributed by atoms with Crippen molar-refractivity contribution in [3.63, 3.8) is 0 Å². The number of hydrogen-bond acceptors (Lipinski definition) is 4. The Hall–Kier alpha value is -3.08. The smallest absolute Gasteiger partial charge is 0.246 e. The number of aryl methyl sites for hydroxylation is 1. The molecule has 5 nitrogen and oxygen atoms in total. The van der Waals surface area contributed by atoms with Gasteiger partial charge in [-0.05, 0) is 38.1 Å². The van der Waals surface area contributed by atoms with Crippen molar-refractivity contribution >= 4 is 28.2 Å². The third-order valence-corrected chi connectivity index (χ3v) is 3.96. The number of ether oxygens (including phenoxy) is 1. The molecule has 0 aliphatic heterocycles. The molecular weight excluding hydrogens is 314 g/mol. The monoisotopic (exact) mass is 335 g/mol. The highest BCUT2D eigenvalue weighted by Gasteiger charge is 2.15. The molecule has 3 rings (SSSR count). The molecule has 1 atom stereocenters. The first kappa shape index (κ1) is 16.8. The van der Waals surface area contributed by atoms with Gasteiger partial charge in [0.1, 0.15) is 17.3 Å². The molecule has 1 aromatic heterocycles. The summed E-state index contributed by atoms with van der Waals surface area (Å²) in [5.41, 5.74) is 3.27. The van der Waals surface area contributed by atoms with Gasteiger partial charge in [-0.1, -0.05) is 30.3 Å². The molecule has 0 aliphatic rings. The molecule has 0 radical (unpaired) electrons. The molecule has 25 heavy (non-hydrogen) atoms. The quantitative estimate of drug-likeness (QED) is 0.740. The topological polar surface area (TPSA) is 63.2 Å². The molecule has 128 valence electrons. The number of para-hydroxylation sites is 2. The Morgan fingerprint density at radius 3 is 2.60 bits per heavy atom. The average molecular weight is 335 g/mol. The van der Waals surface area contributed by atoms with Crippen LogP contribution in [0.2, 0.25) is 0 Å². The summed E-state index contributed by atoms with van der Waals surface area (Å²) in [4.78, 5) is 17.0. The lowest BCUT2D eigenvalue weighted by Gasteiger charge is -2.18. The molecule has 1 unspecified atom stereocenters. The summed E-state index contributed by atoms with van der Waals surface area (Å²) in [6.07, 6.45) is 0. The number of carbonyl (C=O) groups is 1. The van der Waals surface area contributed by atoms with E-state index in [2.05, 4.69) is 15.6 Å². The number of amides is 1. The highest BCUT2D eigenvalue weighted by atomic mass is 16.5. The lowest BCUT2D eigenvalue weighted by atomic mass is 10.1. The van der Waals surface area contributed by atoms with Crippen molar-refractivity contribution in [2.24, 2.45) is 0 Å². The number of nitrogens with zero attached hydrogens (tertiary/aromatic N) is 1. The molecule has 2 N–H and O–H groups in total. The van der Waals surface area contributed by atoms with Crippen molar-refractivity contribution in [1.29, 1.82) is 0 Å². The molecule has 0 spiro atoms. The van der Waals surface area contributed by atoms with Gasteiger partial charge in [0.15, 0.2) is 0 Å². The zero-order chi connectivity index (χ0) is 17.8. The maximum atomic E-state index is 12.4. The van der Waals surface area contributed by atoms with Crippen molar-refractivity contribution in [3.05, 3.63) is 60.3 Å². The summed E-state index contributed by atoms with van der Waals surface area (Å²) in [7, 11) is 1.63. The van der Waals surface area contributed by atoms with Gasteiger partial charge < -0.3 is 15.4 Å². The number of rotatable bonds is 5. The summed E-state index contributed by atoms with van der Waals surface area (Å²) >= 11 is 0. The van der Waals surface area contributed by atoms with Crippen molar-refractivity contribution in [2.75, 3.05) is 17.7 Å². The number of aromatic nitrogens is 1. The number of carbonyl (C=O) groups excluding carboxylic acids is 1. The van der Waals surface area contributed by atoms with Gasteiger partial charge in [-0.15, -0.1) is 0 Å². The van der Waals surface area contributed by atoms with E-state index >= 15 is 0 Å². The van der Waals surface area contributed by atoms with E-state index in [0.29, 0.717) is 5.75 Å². The molecule has 0 aliphatic carbocycles. The molecule has 0 saturated carbocycles. The maximum absolute atomic E-state index is 12.4. The fourth-order valence-corrected chi connectivity index (χ4v) is 2.71. The van der Waals surface area contributed by atoms with Crippen LogP contribution in [0.1, 0.15) is 12.6 Å². The number of benzene rings is 2. The number of hydrogen-bond donors (Lipinski definition) is 2. The first-order chi connectivity index (χ1) is 12.1. The summed E-state index contributed by atoms with van der Waals surface area (Å²) in [6.45, 7) is 3.76.